The number of rotatable bonds is 7. The average molecular weight is 541 g/mol. The first-order chi connectivity index (χ1) is 16.7. The van der Waals surface area contributed by atoms with E-state index < -0.39 is 21.7 Å². The van der Waals surface area contributed by atoms with E-state index in [4.69, 9.17) is 16.3 Å². The number of carbonyl (C=O) groups is 1. The number of benzene rings is 2. The molecule has 6 nitrogen and oxygen atoms in total. The van der Waals surface area contributed by atoms with E-state index in [1.807, 2.05) is 11.6 Å². The molecule has 2 unspecified atom stereocenters. The van der Waals surface area contributed by atoms with Crippen molar-refractivity contribution in [2.75, 3.05) is 19.3 Å². The highest BCUT2D eigenvalue weighted by Crippen LogP contribution is 2.46. The van der Waals surface area contributed by atoms with Crippen LogP contribution in [-0.4, -0.2) is 44.7 Å². The normalized spacial score (nSPS) is 21.1. The SMILES string of the molecule is CC(c1ccc(F)cc1Cl)N1CC(Oc2cc(F)c(C(=O)NS(C)(=O)=O)cc2C2CC2)CC(C)(C)C1. The van der Waals surface area contributed by atoms with Gasteiger partial charge in [0.2, 0.25) is 10.0 Å². The zero-order valence-corrected chi connectivity index (χ0v) is 22.3. The van der Waals surface area contributed by atoms with E-state index in [1.165, 1.54) is 24.3 Å². The molecule has 2 aliphatic rings. The summed E-state index contributed by atoms with van der Waals surface area (Å²) in [4.78, 5) is 14.6. The topological polar surface area (TPSA) is 75.7 Å². The van der Waals surface area contributed by atoms with Crippen LogP contribution in [-0.2, 0) is 10.0 Å². The molecule has 1 aliphatic heterocycles. The largest absolute Gasteiger partial charge is 0.489 e. The third kappa shape index (κ3) is 6.36. The predicted molar refractivity (Wildman–Crippen MR) is 135 cm³/mol. The van der Waals surface area contributed by atoms with Crippen molar-refractivity contribution in [2.24, 2.45) is 5.41 Å². The lowest BCUT2D eigenvalue weighted by Crippen LogP contribution is -2.50. The summed E-state index contributed by atoms with van der Waals surface area (Å²) >= 11 is 6.33. The monoisotopic (exact) mass is 540 g/mol. The number of sulfonamides is 1. The van der Waals surface area contributed by atoms with Gasteiger partial charge < -0.3 is 4.74 Å². The van der Waals surface area contributed by atoms with Crippen LogP contribution in [0, 0.1) is 17.0 Å². The lowest BCUT2D eigenvalue weighted by atomic mass is 9.81. The molecule has 196 valence electrons. The van der Waals surface area contributed by atoms with Crippen LogP contribution in [0.2, 0.25) is 5.02 Å². The average Bonchev–Trinajstić information content (AvgIpc) is 3.56. The summed E-state index contributed by atoms with van der Waals surface area (Å²) in [5.41, 5.74) is 1.09. The molecule has 1 amide bonds. The van der Waals surface area contributed by atoms with Crippen molar-refractivity contribution in [3.05, 3.63) is 63.7 Å². The molecule has 0 aromatic heterocycles. The number of halogens is 3. The summed E-state index contributed by atoms with van der Waals surface area (Å²) in [6.45, 7) is 7.61. The molecule has 36 heavy (non-hydrogen) atoms. The Kier molecular flexibility index (Phi) is 7.38. The summed E-state index contributed by atoms with van der Waals surface area (Å²) in [6, 6.07) is 6.91. The molecular weight excluding hydrogens is 510 g/mol. The minimum absolute atomic E-state index is 0.0921. The van der Waals surface area contributed by atoms with Gasteiger partial charge in [-0.3, -0.25) is 9.69 Å². The van der Waals surface area contributed by atoms with Gasteiger partial charge in [0, 0.05) is 30.2 Å². The summed E-state index contributed by atoms with van der Waals surface area (Å²) in [5.74, 6) is -1.72. The second-order valence-corrected chi connectivity index (χ2v) is 12.9. The zero-order chi connectivity index (χ0) is 26.4. The third-order valence-electron chi connectivity index (χ3n) is 6.74. The van der Waals surface area contributed by atoms with Gasteiger partial charge in [0.1, 0.15) is 23.5 Å². The maximum Gasteiger partial charge on any atom is 0.267 e. The molecule has 1 heterocycles. The Balaban J connectivity index is 1.59. The maximum absolute atomic E-state index is 15.0. The lowest BCUT2D eigenvalue weighted by molar-refractivity contribution is 0.000670. The van der Waals surface area contributed by atoms with Gasteiger partial charge in [-0.15, -0.1) is 0 Å². The van der Waals surface area contributed by atoms with Gasteiger partial charge in [-0.25, -0.2) is 21.9 Å². The number of nitrogens with zero attached hydrogens (tertiary/aromatic N) is 1. The standard InChI is InChI=1S/C26H31ClF2N2O4S/c1-15(19-8-7-17(28)9-22(19)27)31-13-18(12-26(2,3)14-31)35-24-11-23(29)21(10-20(24)16-5-6-16)25(32)30-36(4,33)34/h7-11,15-16,18H,5-6,12-14H2,1-4H3,(H,30,32). The van der Waals surface area contributed by atoms with Crippen LogP contribution in [0.5, 0.6) is 5.75 Å². The second-order valence-electron chi connectivity index (χ2n) is 10.7. The van der Waals surface area contributed by atoms with Crippen LogP contribution in [0.3, 0.4) is 0 Å². The molecule has 1 saturated carbocycles. The first-order valence-corrected chi connectivity index (χ1v) is 14.2. The predicted octanol–water partition coefficient (Wildman–Crippen LogP) is 5.43. The molecule has 1 aliphatic carbocycles. The number of hydrogen-bond donors (Lipinski definition) is 1. The number of piperidine rings is 1. The lowest BCUT2D eigenvalue weighted by Gasteiger charge is -2.45. The third-order valence-corrected chi connectivity index (χ3v) is 7.63. The van der Waals surface area contributed by atoms with Gasteiger partial charge in [0.05, 0.1) is 11.8 Å². The van der Waals surface area contributed by atoms with E-state index in [0.29, 0.717) is 22.9 Å². The highest BCUT2D eigenvalue weighted by Gasteiger charge is 2.38. The Bertz CT molecular complexity index is 1280. The summed E-state index contributed by atoms with van der Waals surface area (Å²) in [5, 5.41) is 0.365. The van der Waals surface area contributed by atoms with Gasteiger partial charge in [0.25, 0.3) is 5.91 Å². The quantitative estimate of drug-likeness (QED) is 0.507. The van der Waals surface area contributed by atoms with Crippen LogP contribution < -0.4 is 9.46 Å². The van der Waals surface area contributed by atoms with Crippen molar-refractivity contribution in [3.63, 3.8) is 0 Å². The maximum atomic E-state index is 15.0. The molecular formula is C26H31ClF2N2O4S. The fourth-order valence-corrected chi connectivity index (χ4v) is 5.77. The highest BCUT2D eigenvalue weighted by molar-refractivity contribution is 7.89. The van der Waals surface area contributed by atoms with Crippen LogP contribution >= 0.6 is 11.6 Å². The van der Waals surface area contributed by atoms with Crippen LogP contribution in [0.1, 0.15) is 73.5 Å². The van der Waals surface area contributed by atoms with E-state index in [1.54, 1.807) is 6.07 Å². The first kappa shape index (κ1) is 26.8. The number of nitrogens with one attached hydrogen (secondary N) is 1. The number of likely N-dealkylation sites (tertiary alicyclic amines) is 1. The summed E-state index contributed by atoms with van der Waals surface area (Å²) in [6.07, 6.45) is 3.09. The Morgan fingerprint density at radius 1 is 1.22 bits per heavy atom. The molecule has 1 saturated heterocycles. The Morgan fingerprint density at radius 3 is 2.53 bits per heavy atom. The Labute approximate surface area is 216 Å². The Morgan fingerprint density at radius 2 is 1.92 bits per heavy atom. The highest BCUT2D eigenvalue weighted by atomic mass is 35.5. The molecule has 2 aromatic carbocycles. The van der Waals surface area contributed by atoms with Crippen molar-refractivity contribution in [2.45, 2.75) is 58.1 Å². The zero-order valence-electron chi connectivity index (χ0n) is 20.8. The van der Waals surface area contributed by atoms with E-state index in [-0.39, 0.29) is 34.9 Å². The van der Waals surface area contributed by atoms with E-state index >= 15 is 0 Å². The van der Waals surface area contributed by atoms with E-state index in [2.05, 4.69) is 18.7 Å². The van der Waals surface area contributed by atoms with Crippen molar-refractivity contribution in [3.8, 4) is 5.75 Å². The van der Waals surface area contributed by atoms with E-state index in [9.17, 15) is 22.0 Å². The summed E-state index contributed by atoms with van der Waals surface area (Å²) < 4.78 is 59.7. The van der Waals surface area contributed by atoms with Crippen LogP contribution in [0.15, 0.2) is 30.3 Å². The van der Waals surface area contributed by atoms with Crippen LogP contribution in [0.25, 0.3) is 0 Å². The van der Waals surface area contributed by atoms with Gasteiger partial charge in [-0.1, -0.05) is 31.5 Å². The first-order valence-electron chi connectivity index (χ1n) is 11.9. The van der Waals surface area contributed by atoms with Crippen LogP contribution in [0.4, 0.5) is 8.78 Å². The molecule has 0 bridgehead atoms. The summed E-state index contributed by atoms with van der Waals surface area (Å²) in [7, 11) is -3.83. The van der Waals surface area contributed by atoms with Crippen molar-refractivity contribution < 1.29 is 26.7 Å². The molecule has 10 heteroatoms. The van der Waals surface area contributed by atoms with Gasteiger partial charge >= 0.3 is 0 Å². The molecule has 0 spiro atoms. The molecule has 2 atom stereocenters. The number of carbonyl (C=O) groups excluding carboxylic acids is 1. The van der Waals surface area contributed by atoms with Gasteiger partial charge in [-0.2, -0.15) is 0 Å². The molecule has 2 fully saturated rings. The number of ether oxygens (including phenoxy) is 1. The number of hydrogen-bond acceptors (Lipinski definition) is 5. The molecule has 2 aromatic rings. The minimum Gasteiger partial charge on any atom is -0.489 e. The molecule has 0 radical (unpaired) electrons. The molecule has 1 N–H and O–H groups in total. The van der Waals surface area contributed by atoms with Gasteiger partial charge in [-0.05, 0) is 66.8 Å². The van der Waals surface area contributed by atoms with Crippen molar-refractivity contribution in [1.29, 1.82) is 0 Å². The fourth-order valence-electron chi connectivity index (χ4n) is 5.00. The minimum atomic E-state index is -3.83. The van der Waals surface area contributed by atoms with Gasteiger partial charge in [0.15, 0.2) is 0 Å². The fraction of sp³-hybridized carbons (Fsp3) is 0.500. The van der Waals surface area contributed by atoms with Crippen molar-refractivity contribution in [1.82, 2.24) is 9.62 Å². The molecule has 4 rings (SSSR count). The smallest absolute Gasteiger partial charge is 0.267 e. The number of amides is 1. The van der Waals surface area contributed by atoms with E-state index in [0.717, 1.165) is 37.6 Å². The second kappa shape index (κ2) is 9.91. The Hall–Kier alpha value is -2.23. The van der Waals surface area contributed by atoms with Crippen molar-refractivity contribution >= 4 is 27.5 Å².